The van der Waals surface area contributed by atoms with E-state index < -0.39 is 11.9 Å². The van der Waals surface area contributed by atoms with E-state index in [1.54, 1.807) is 31.2 Å². The number of anilines is 1. The lowest BCUT2D eigenvalue weighted by Crippen LogP contribution is -2.17. The second-order valence-corrected chi connectivity index (χ2v) is 8.19. The van der Waals surface area contributed by atoms with Gasteiger partial charge < -0.3 is 14.5 Å². The molecule has 0 saturated heterocycles. The van der Waals surface area contributed by atoms with Gasteiger partial charge in [0.25, 0.3) is 0 Å². The van der Waals surface area contributed by atoms with Crippen LogP contribution in [0.3, 0.4) is 0 Å². The molecule has 184 valence electrons. The van der Waals surface area contributed by atoms with Crippen molar-refractivity contribution in [2.45, 2.75) is 13.8 Å². The number of rotatable bonds is 6. The fraction of sp³-hybridized carbons (Fsp3) is 0.107. The van der Waals surface area contributed by atoms with Crippen LogP contribution in [0.25, 0.3) is 33.8 Å². The van der Waals surface area contributed by atoms with Crippen molar-refractivity contribution in [2.24, 2.45) is 0 Å². The number of hydrogen-bond acceptors (Lipinski definition) is 7. The molecule has 0 unspecified atom stereocenters. The van der Waals surface area contributed by atoms with Crippen LogP contribution in [0.5, 0.6) is 0 Å². The zero-order valence-corrected chi connectivity index (χ0v) is 20.1. The van der Waals surface area contributed by atoms with Crippen LogP contribution < -0.4 is 10.7 Å². The minimum atomic E-state index is -0.638. The van der Waals surface area contributed by atoms with Gasteiger partial charge in [-0.15, -0.1) is 0 Å². The third-order valence-corrected chi connectivity index (χ3v) is 5.75. The van der Waals surface area contributed by atoms with Gasteiger partial charge in [0.05, 0.1) is 29.3 Å². The van der Waals surface area contributed by atoms with Gasteiger partial charge in [-0.05, 0) is 49.8 Å². The van der Waals surface area contributed by atoms with Gasteiger partial charge >= 0.3 is 5.97 Å². The second-order valence-electron chi connectivity index (χ2n) is 8.19. The van der Waals surface area contributed by atoms with E-state index in [1.165, 1.54) is 29.3 Å². The van der Waals surface area contributed by atoms with Gasteiger partial charge in [0.1, 0.15) is 17.4 Å². The fourth-order valence-corrected chi connectivity index (χ4v) is 3.97. The van der Waals surface area contributed by atoms with Crippen molar-refractivity contribution in [1.82, 2.24) is 14.8 Å². The van der Waals surface area contributed by atoms with Crippen molar-refractivity contribution in [3.63, 3.8) is 0 Å². The summed E-state index contributed by atoms with van der Waals surface area (Å²) < 4.78 is 12.0. The first-order valence-electron chi connectivity index (χ1n) is 11.6. The van der Waals surface area contributed by atoms with Crippen LogP contribution in [0.2, 0.25) is 0 Å². The Kier molecular flexibility index (Phi) is 6.34. The topological polar surface area (TPSA) is 116 Å². The first-order valence-corrected chi connectivity index (χ1v) is 11.6. The van der Waals surface area contributed by atoms with Gasteiger partial charge in [0, 0.05) is 11.5 Å². The molecule has 0 spiro atoms. The van der Waals surface area contributed by atoms with Gasteiger partial charge in [-0.1, -0.05) is 30.3 Å². The molecule has 5 rings (SSSR count). The molecule has 1 N–H and O–H groups in total. The monoisotopic (exact) mass is 494 g/mol. The summed E-state index contributed by atoms with van der Waals surface area (Å²) >= 11 is 0. The van der Waals surface area contributed by atoms with E-state index in [9.17, 15) is 14.4 Å². The van der Waals surface area contributed by atoms with Crippen molar-refractivity contribution < 1.29 is 18.7 Å². The Bertz CT molecular complexity index is 1750. The van der Waals surface area contributed by atoms with Gasteiger partial charge in [0.15, 0.2) is 17.1 Å². The van der Waals surface area contributed by atoms with Crippen LogP contribution >= 0.6 is 0 Å². The number of benzene rings is 2. The Labute approximate surface area is 211 Å². The number of ether oxygens (including phenoxy) is 1. The maximum atomic E-state index is 12.9. The molecule has 1 amide bonds. The third kappa shape index (κ3) is 4.62. The van der Waals surface area contributed by atoms with E-state index in [1.807, 2.05) is 37.3 Å². The van der Waals surface area contributed by atoms with E-state index >= 15 is 0 Å². The molecule has 0 radical (unpaired) electrons. The number of aromatic nitrogens is 3. The maximum absolute atomic E-state index is 12.9. The quantitative estimate of drug-likeness (QED) is 0.269. The molecule has 0 aliphatic rings. The number of amides is 1. The molecule has 2 aromatic carbocycles. The number of carbonyl (C=O) groups excluding carboxylic acids is 2. The number of fused-ring (bicyclic) bond motifs is 2. The zero-order chi connectivity index (χ0) is 25.9. The molecular weight excluding hydrogens is 472 g/mol. The number of hydrogen-bond donors (Lipinski definition) is 1. The molecule has 9 nitrogen and oxygen atoms in total. The Morgan fingerprint density at radius 2 is 1.86 bits per heavy atom. The molecule has 0 aliphatic carbocycles. The van der Waals surface area contributed by atoms with Gasteiger partial charge in [-0.2, -0.15) is 9.78 Å². The van der Waals surface area contributed by atoms with E-state index in [-0.39, 0.29) is 29.0 Å². The van der Waals surface area contributed by atoms with E-state index in [0.29, 0.717) is 16.8 Å². The van der Waals surface area contributed by atoms with Crippen molar-refractivity contribution >= 4 is 45.6 Å². The van der Waals surface area contributed by atoms with Crippen LogP contribution in [-0.4, -0.2) is 33.2 Å². The van der Waals surface area contributed by atoms with Crippen molar-refractivity contribution in [3.8, 4) is 5.82 Å². The van der Waals surface area contributed by atoms with Crippen molar-refractivity contribution in [1.29, 1.82) is 0 Å². The summed E-state index contributed by atoms with van der Waals surface area (Å²) in [4.78, 5) is 42.9. The lowest BCUT2D eigenvalue weighted by Gasteiger charge is -2.11. The predicted octanol–water partition coefficient (Wildman–Crippen LogP) is 4.66. The summed E-state index contributed by atoms with van der Waals surface area (Å²) in [5, 5.41) is 8.39. The van der Waals surface area contributed by atoms with Crippen molar-refractivity contribution in [3.05, 3.63) is 100 Å². The number of para-hydroxylation sites is 2. The van der Waals surface area contributed by atoms with Crippen LogP contribution in [0.15, 0.2) is 82.3 Å². The minimum absolute atomic E-state index is 0.0708. The average molecular weight is 495 g/mol. The highest BCUT2D eigenvalue weighted by atomic mass is 16.5. The summed E-state index contributed by atoms with van der Waals surface area (Å²) in [5.74, 6) is -0.708. The number of nitrogens with zero attached hydrogens (tertiary/aromatic N) is 3. The Morgan fingerprint density at radius 3 is 2.68 bits per heavy atom. The standard InChI is InChI=1S/C28H22N4O5/c1-3-36-28(35)21-15-29-32(24-14-17(2)19-8-4-6-10-22(19)30-24)27(21)31-25(33)13-12-18-16-37-23-11-7-5-9-20(23)26(18)34/h4-16H,3H2,1-2H3,(H,31,33)/b13-12+. The molecule has 3 aromatic heterocycles. The molecule has 0 atom stereocenters. The van der Waals surface area contributed by atoms with Crippen LogP contribution in [0.4, 0.5) is 5.82 Å². The molecule has 5 aromatic rings. The molecule has 9 heteroatoms. The summed E-state index contributed by atoms with van der Waals surface area (Å²) in [5.41, 5.74) is 2.16. The van der Waals surface area contributed by atoms with Gasteiger partial charge in [-0.3, -0.25) is 9.59 Å². The highest BCUT2D eigenvalue weighted by molar-refractivity contribution is 6.06. The van der Waals surface area contributed by atoms with Gasteiger partial charge in [0.2, 0.25) is 5.91 Å². The second kappa shape index (κ2) is 9.90. The largest absolute Gasteiger partial charge is 0.463 e. The number of carbonyl (C=O) groups is 2. The maximum Gasteiger partial charge on any atom is 0.343 e. The number of pyridine rings is 1. The number of esters is 1. The van der Waals surface area contributed by atoms with E-state index in [0.717, 1.165) is 16.5 Å². The van der Waals surface area contributed by atoms with E-state index in [2.05, 4.69) is 15.4 Å². The van der Waals surface area contributed by atoms with Crippen LogP contribution in [-0.2, 0) is 9.53 Å². The van der Waals surface area contributed by atoms with Crippen LogP contribution in [0.1, 0.15) is 28.4 Å². The number of aryl methyl sites for hydroxylation is 1. The van der Waals surface area contributed by atoms with E-state index in [4.69, 9.17) is 9.15 Å². The lowest BCUT2D eigenvalue weighted by atomic mass is 10.1. The normalized spacial score (nSPS) is 11.3. The molecule has 0 fully saturated rings. The Morgan fingerprint density at radius 1 is 1.11 bits per heavy atom. The van der Waals surface area contributed by atoms with Gasteiger partial charge in [-0.25, -0.2) is 9.78 Å². The molecule has 37 heavy (non-hydrogen) atoms. The summed E-state index contributed by atoms with van der Waals surface area (Å²) in [6.07, 6.45) is 5.16. The number of nitrogens with one attached hydrogen (secondary N) is 1. The smallest absolute Gasteiger partial charge is 0.343 e. The molecule has 0 bridgehead atoms. The first kappa shape index (κ1) is 23.7. The Hall–Kier alpha value is -5.05. The SMILES string of the molecule is CCOC(=O)c1cnn(-c2cc(C)c3ccccc3n2)c1NC(=O)/C=C/c1coc2ccccc2c1=O. The molecule has 0 saturated carbocycles. The predicted molar refractivity (Wildman–Crippen MR) is 140 cm³/mol. The van der Waals surface area contributed by atoms with Crippen molar-refractivity contribution in [2.75, 3.05) is 11.9 Å². The fourth-order valence-electron chi connectivity index (χ4n) is 3.97. The molecule has 3 heterocycles. The first-order chi connectivity index (χ1) is 18.0. The lowest BCUT2D eigenvalue weighted by molar-refractivity contribution is -0.111. The average Bonchev–Trinajstić information content (AvgIpc) is 3.32. The summed E-state index contributed by atoms with van der Waals surface area (Å²) in [6, 6.07) is 16.3. The van der Waals surface area contributed by atoms with Crippen LogP contribution in [0, 0.1) is 6.92 Å². The third-order valence-electron chi connectivity index (χ3n) is 5.75. The molecular formula is C28H22N4O5. The zero-order valence-electron chi connectivity index (χ0n) is 20.1. The highest BCUT2D eigenvalue weighted by Crippen LogP contribution is 2.24. The Balaban J connectivity index is 1.51. The highest BCUT2D eigenvalue weighted by Gasteiger charge is 2.22. The summed E-state index contributed by atoms with van der Waals surface area (Å²) in [6.45, 7) is 3.79. The summed E-state index contributed by atoms with van der Waals surface area (Å²) in [7, 11) is 0. The minimum Gasteiger partial charge on any atom is -0.463 e. The molecule has 0 aliphatic heterocycles.